The van der Waals surface area contributed by atoms with Crippen LogP contribution in [-0.4, -0.2) is 12.2 Å². The average molecular weight is 272 g/mol. The molecule has 0 spiro atoms. The first-order chi connectivity index (χ1) is 6.30. The molecule has 1 atom stereocenters. The highest BCUT2D eigenvalue weighted by Gasteiger charge is 2.37. The molecule has 0 fully saturated rings. The quantitative estimate of drug-likeness (QED) is 0.899. The molecule has 2 N–H and O–H groups in total. The second-order valence-electron chi connectivity index (χ2n) is 3.01. The predicted molar refractivity (Wildman–Crippen MR) is 48.9 cm³/mol. The van der Waals surface area contributed by atoms with E-state index in [9.17, 15) is 13.2 Å². The van der Waals surface area contributed by atoms with Gasteiger partial charge in [0.2, 0.25) is 0 Å². The number of hydrogen-bond donors (Lipinski definition) is 1. The second-order valence-corrected chi connectivity index (χ2v) is 3.79. The van der Waals surface area contributed by atoms with Gasteiger partial charge in [0, 0.05) is 6.42 Å². The van der Waals surface area contributed by atoms with Gasteiger partial charge in [-0.05, 0) is 34.5 Å². The first-order valence-corrected chi connectivity index (χ1v) is 4.67. The lowest BCUT2D eigenvalue weighted by Crippen LogP contribution is -2.39. The van der Waals surface area contributed by atoms with Crippen molar-refractivity contribution in [3.63, 3.8) is 0 Å². The van der Waals surface area contributed by atoms with E-state index in [-0.39, 0.29) is 12.2 Å². The van der Waals surface area contributed by atoms with Gasteiger partial charge in [-0.1, -0.05) is 0 Å². The minimum atomic E-state index is -4.38. The summed E-state index contributed by atoms with van der Waals surface area (Å²) in [4.78, 5) is 0. The molecule has 14 heavy (non-hydrogen) atoms. The third-order valence-electron chi connectivity index (χ3n) is 1.82. The van der Waals surface area contributed by atoms with Crippen LogP contribution >= 0.6 is 15.9 Å². The number of hydrogen-bond acceptors (Lipinski definition) is 2. The molecule has 0 aliphatic carbocycles. The van der Waals surface area contributed by atoms with Crippen LogP contribution in [0.15, 0.2) is 15.2 Å². The molecule has 0 aromatic carbocycles. The van der Waals surface area contributed by atoms with Crippen LogP contribution in [0.4, 0.5) is 13.2 Å². The maximum absolute atomic E-state index is 12.1. The van der Waals surface area contributed by atoms with Crippen LogP contribution in [0.5, 0.6) is 0 Å². The summed E-state index contributed by atoms with van der Waals surface area (Å²) >= 11 is 3.03. The van der Waals surface area contributed by atoms with Gasteiger partial charge in [0.05, 0.1) is 0 Å². The molecule has 1 unspecified atom stereocenters. The minimum absolute atomic E-state index is 0.265. The van der Waals surface area contributed by atoms with E-state index >= 15 is 0 Å². The Hall–Kier alpha value is -0.490. The van der Waals surface area contributed by atoms with Crippen molar-refractivity contribution in [1.29, 1.82) is 0 Å². The molecule has 0 radical (unpaired) electrons. The van der Waals surface area contributed by atoms with Crippen LogP contribution in [0.25, 0.3) is 0 Å². The molecule has 1 aromatic rings. The molecule has 0 aliphatic heterocycles. The molecule has 1 aromatic heterocycles. The molecule has 1 rings (SSSR count). The lowest BCUT2D eigenvalue weighted by molar-refractivity contribution is -0.147. The Bertz CT molecular complexity index is 321. The highest BCUT2D eigenvalue weighted by atomic mass is 79.9. The Balaban J connectivity index is 2.74. The van der Waals surface area contributed by atoms with E-state index in [2.05, 4.69) is 15.9 Å². The Labute approximate surface area is 87.4 Å². The fraction of sp³-hybridized carbons (Fsp3) is 0.500. The van der Waals surface area contributed by atoms with Crippen molar-refractivity contribution in [3.8, 4) is 0 Å². The summed E-state index contributed by atoms with van der Waals surface area (Å²) in [5.74, 6) is 0.265. The summed E-state index contributed by atoms with van der Waals surface area (Å²) in [6, 6.07) is -0.266. The van der Waals surface area contributed by atoms with Gasteiger partial charge in [0.1, 0.15) is 11.8 Å². The van der Waals surface area contributed by atoms with Crippen LogP contribution in [0.2, 0.25) is 0 Å². The molecule has 0 saturated carbocycles. The Kier molecular flexibility index (Phi) is 3.26. The van der Waals surface area contributed by atoms with E-state index in [1.165, 1.54) is 0 Å². The van der Waals surface area contributed by atoms with E-state index in [0.29, 0.717) is 10.2 Å². The molecule has 0 aliphatic rings. The smallest absolute Gasteiger partial charge is 0.404 e. The van der Waals surface area contributed by atoms with Gasteiger partial charge < -0.3 is 10.2 Å². The Morgan fingerprint density at radius 3 is 2.50 bits per heavy atom. The number of alkyl halides is 3. The molecule has 80 valence electrons. The molecule has 0 amide bonds. The minimum Gasteiger partial charge on any atom is -0.454 e. The first kappa shape index (κ1) is 11.6. The van der Waals surface area contributed by atoms with Gasteiger partial charge in [-0.25, -0.2) is 0 Å². The topological polar surface area (TPSA) is 39.2 Å². The van der Waals surface area contributed by atoms with Gasteiger partial charge in [-0.3, -0.25) is 0 Å². The van der Waals surface area contributed by atoms with Crippen LogP contribution in [0.1, 0.15) is 11.3 Å². The summed E-state index contributed by atoms with van der Waals surface area (Å²) in [7, 11) is 0. The number of rotatable bonds is 2. The monoisotopic (exact) mass is 271 g/mol. The van der Waals surface area contributed by atoms with Gasteiger partial charge in [0.25, 0.3) is 0 Å². The highest BCUT2D eigenvalue weighted by Crippen LogP contribution is 2.25. The van der Waals surface area contributed by atoms with E-state index in [1.54, 1.807) is 13.0 Å². The third-order valence-corrected chi connectivity index (χ3v) is 2.21. The van der Waals surface area contributed by atoms with Gasteiger partial charge >= 0.3 is 6.18 Å². The lowest BCUT2D eigenvalue weighted by atomic mass is 10.1. The standard InChI is InChI=1S/C8H9BrF3NO/c1-4-2-7(9)14-5(4)3-6(13)8(10,11)12/h2,6H,3,13H2,1H3. The summed E-state index contributed by atoms with van der Waals surface area (Å²) < 4.78 is 41.7. The molecule has 0 saturated heterocycles. The normalized spacial score (nSPS) is 14.4. The zero-order chi connectivity index (χ0) is 10.9. The van der Waals surface area contributed by atoms with Crippen LogP contribution in [0, 0.1) is 6.92 Å². The van der Waals surface area contributed by atoms with E-state index < -0.39 is 12.2 Å². The van der Waals surface area contributed by atoms with E-state index in [1.807, 2.05) is 0 Å². The van der Waals surface area contributed by atoms with Crippen LogP contribution in [0.3, 0.4) is 0 Å². The maximum Gasteiger partial charge on any atom is 0.404 e. The summed E-state index contributed by atoms with van der Waals surface area (Å²) in [6.07, 6.45) is -4.72. The zero-order valence-electron chi connectivity index (χ0n) is 7.36. The van der Waals surface area contributed by atoms with Crippen molar-refractivity contribution in [3.05, 3.63) is 22.1 Å². The number of aryl methyl sites for hydroxylation is 1. The van der Waals surface area contributed by atoms with E-state index in [4.69, 9.17) is 10.2 Å². The molecule has 2 nitrogen and oxygen atoms in total. The Morgan fingerprint density at radius 1 is 1.57 bits per heavy atom. The molecule has 0 bridgehead atoms. The number of halogens is 4. The lowest BCUT2D eigenvalue weighted by Gasteiger charge is -2.14. The summed E-state index contributed by atoms with van der Waals surface area (Å²) in [6.45, 7) is 1.67. The molecular weight excluding hydrogens is 263 g/mol. The van der Waals surface area contributed by atoms with Crippen molar-refractivity contribution in [1.82, 2.24) is 0 Å². The van der Waals surface area contributed by atoms with Crippen LogP contribution in [-0.2, 0) is 6.42 Å². The molecule has 6 heteroatoms. The fourth-order valence-electron chi connectivity index (χ4n) is 0.996. The number of nitrogens with two attached hydrogens (primary N) is 1. The highest BCUT2D eigenvalue weighted by molar-refractivity contribution is 9.10. The van der Waals surface area contributed by atoms with Crippen molar-refractivity contribution in [2.24, 2.45) is 5.73 Å². The van der Waals surface area contributed by atoms with Crippen molar-refractivity contribution < 1.29 is 17.6 Å². The number of furan rings is 1. The molecular formula is C8H9BrF3NO. The maximum atomic E-state index is 12.1. The third kappa shape index (κ3) is 2.75. The first-order valence-electron chi connectivity index (χ1n) is 3.88. The Morgan fingerprint density at radius 2 is 2.14 bits per heavy atom. The van der Waals surface area contributed by atoms with Gasteiger partial charge in [-0.2, -0.15) is 13.2 Å². The summed E-state index contributed by atoms with van der Waals surface area (Å²) in [5.41, 5.74) is 5.62. The summed E-state index contributed by atoms with van der Waals surface area (Å²) in [5, 5.41) is 0. The predicted octanol–water partition coefficient (Wildman–Crippen LogP) is 2.78. The van der Waals surface area contributed by atoms with Crippen molar-refractivity contribution in [2.45, 2.75) is 25.6 Å². The van der Waals surface area contributed by atoms with Crippen molar-refractivity contribution >= 4 is 15.9 Å². The van der Waals surface area contributed by atoms with Gasteiger partial charge in [-0.15, -0.1) is 0 Å². The van der Waals surface area contributed by atoms with Gasteiger partial charge in [0.15, 0.2) is 4.67 Å². The fourth-order valence-corrected chi connectivity index (χ4v) is 1.54. The van der Waals surface area contributed by atoms with Crippen LogP contribution < -0.4 is 5.73 Å². The SMILES string of the molecule is Cc1cc(Br)oc1CC(N)C(F)(F)F. The second kappa shape index (κ2) is 3.94. The largest absolute Gasteiger partial charge is 0.454 e. The average Bonchev–Trinajstić information content (AvgIpc) is 2.28. The zero-order valence-corrected chi connectivity index (χ0v) is 8.95. The van der Waals surface area contributed by atoms with Crippen molar-refractivity contribution in [2.75, 3.05) is 0 Å². The van der Waals surface area contributed by atoms with E-state index in [0.717, 1.165) is 0 Å². The molecule has 1 heterocycles.